The Bertz CT molecular complexity index is 1150. The van der Waals surface area contributed by atoms with E-state index in [-0.39, 0.29) is 0 Å². The molecule has 31 heavy (non-hydrogen) atoms. The lowest BCUT2D eigenvalue weighted by Crippen LogP contribution is -2.10. The summed E-state index contributed by atoms with van der Waals surface area (Å²) in [6.45, 7) is 5.63. The number of imidazole rings is 1. The van der Waals surface area contributed by atoms with Crippen LogP contribution in [0, 0.1) is 0 Å². The second-order valence-corrected chi connectivity index (χ2v) is 7.65. The molecule has 0 saturated carbocycles. The van der Waals surface area contributed by atoms with Crippen LogP contribution in [0.3, 0.4) is 0 Å². The van der Waals surface area contributed by atoms with Gasteiger partial charge in [-0.2, -0.15) is 0 Å². The van der Waals surface area contributed by atoms with Crippen molar-refractivity contribution in [1.29, 1.82) is 0 Å². The maximum absolute atomic E-state index is 6.06. The topological polar surface area (TPSA) is 36.3 Å². The molecular formula is C26H25ClN2O2. The summed E-state index contributed by atoms with van der Waals surface area (Å²) in [5, 5.41) is 0.689. The number of aromatic nitrogens is 2. The number of nitrogens with zero attached hydrogens (tertiary/aromatic N) is 2. The van der Waals surface area contributed by atoms with Gasteiger partial charge in [0.25, 0.3) is 0 Å². The van der Waals surface area contributed by atoms with E-state index in [0.29, 0.717) is 18.2 Å². The van der Waals surface area contributed by atoms with E-state index in [2.05, 4.69) is 23.3 Å². The van der Waals surface area contributed by atoms with Crippen LogP contribution in [0.4, 0.5) is 0 Å². The van der Waals surface area contributed by atoms with Gasteiger partial charge in [-0.05, 0) is 60.9 Å². The van der Waals surface area contributed by atoms with E-state index in [9.17, 15) is 0 Å². The first kappa shape index (κ1) is 21.0. The van der Waals surface area contributed by atoms with E-state index in [4.69, 9.17) is 26.1 Å². The van der Waals surface area contributed by atoms with Gasteiger partial charge in [0, 0.05) is 11.6 Å². The molecule has 5 heteroatoms. The van der Waals surface area contributed by atoms with Crippen molar-refractivity contribution in [2.45, 2.75) is 26.0 Å². The highest BCUT2D eigenvalue weighted by Crippen LogP contribution is 2.22. The summed E-state index contributed by atoms with van der Waals surface area (Å²) >= 11 is 5.96. The van der Waals surface area contributed by atoms with E-state index < -0.39 is 0 Å². The minimum atomic E-state index is 0.388. The first-order valence-electron chi connectivity index (χ1n) is 10.4. The normalized spacial score (nSPS) is 10.9. The summed E-state index contributed by atoms with van der Waals surface area (Å²) in [7, 11) is 0. The van der Waals surface area contributed by atoms with Crippen LogP contribution < -0.4 is 9.47 Å². The predicted octanol–water partition coefficient (Wildman–Crippen LogP) is 6.47. The quantitative estimate of drug-likeness (QED) is 0.213. The molecule has 0 radical (unpaired) electrons. The number of benzene rings is 3. The van der Waals surface area contributed by atoms with Crippen LogP contribution in [-0.2, 0) is 19.6 Å². The first-order chi connectivity index (χ1) is 15.2. The summed E-state index contributed by atoms with van der Waals surface area (Å²) in [6.07, 6.45) is 3.55. The maximum atomic E-state index is 6.06. The molecule has 0 spiro atoms. The number of allylic oxidation sites excluding steroid dienone is 1. The number of para-hydroxylation sites is 3. The van der Waals surface area contributed by atoms with Gasteiger partial charge in [0.2, 0.25) is 0 Å². The highest BCUT2D eigenvalue weighted by atomic mass is 35.5. The Morgan fingerprint density at radius 1 is 0.935 bits per heavy atom. The van der Waals surface area contributed by atoms with Crippen molar-refractivity contribution in [3.05, 3.63) is 102 Å². The van der Waals surface area contributed by atoms with Gasteiger partial charge in [0.15, 0.2) is 0 Å². The highest BCUT2D eigenvalue weighted by molar-refractivity contribution is 6.30. The lowest BCUT2D eigenvalue weighted by molar-refractivity contribution is 0.279. The molecular weight excluding hydrogens is 408 g/mol. The standard InChI is InChI=1S/C26H25ClN2O2/c1-2-8-20-9-3-6-12-25(20)30-18-7-17-29-24-11-5-4-10-23(24)28-26(29)19-31-22-15-13-21(27)14-16-22/h2-6,9-16H,1,7-8,17-19H2. The SMILES string of the molecule is C=CCc1ccccc1OCCCn1c(COc2ccc(Cl)cc2)nc2ccccc21. The van der Waals surface area contributed by atoms with Gasteiger partial charge in [0.1, 0.15) is 23.9 Å². The minimum absolute atomic E-state index is 0.388. The smallest absolute Gasteiger partial charge is 0.147 e. The number of rotatable bonds is 10. The average molecular weight is 433 g/mol. The maximum Gasteiger partial charge on any atom is 0.147 e. The predicted molar refractivity (Wildman–Crippen MR) is 126 cm³/mol. The van der Waals surface area contributed by atoms with Crippen LogP contribution >= 0.6 is 11.6 Å². The Morgan fingerprint density at radius 2 is 1.71 bits per heavy atom. The van der Waals surface area contributed by atoms with Crippen LogP contribution in [0.15, 0.2) is 85.5 Å². The molecule has 4 rings (SSSR count). The third-order valence-corrected chi connectivity index (χ3v) is 5.29. The zero-order valence-electron chi connectivity index (χ0n) is 17.3. The fourth-order valence-electron chi connectivity index (χ4n) is 3.54. The summed E-state index contributed by atoms with van der Waals surface area (Å²) in [5.41, 5.74) is 3.22. The Kier molecular flexibility index (Phi) is 6.90. The summed E-state index contributed by atoms with van der Waals surface area (Å²) in [4.78, 5) is 4.78. The number of hydrogen-bond donors (Lipinski definition) is 0. The Hall–Kier alpha value is -3.24. The van der Waals surface area contributed by atoms with Gasteiger partial charge in [-0.25, -0.2) is 4.98 Å². The zero-order chi connectivity index (χ0) is 21.5. The minimum Gasteiger partial charge on any atom is -0.493 e. The van der Waals surface area contributed by atoms with Crippen molar-refractivity contribution in [1.82, 2.24) is 9.55 Å². The number of fused-ring (bicyclic) bond motifs is 1. The van der Waals surface area contributed by atoms with Crippen LogP contribution in [0.2, 0.25) is 5.02 Å². The second kappa shape index (κ2) is 10.2. The molecule has 0 aliphatic heterocycles. The van der Waals surface area contributed by atoms with Gasteiger partial charge in [0.05, 0.1) is 17.6 Å². The zero-order valence-corrected chi connectivity index (χ0v) is 18.1. The summed E-state index contributed by atoms with van der Waals surface area (Å²) < 4.78 is 14.2. The van der Waals surface area contributed by atoms with Crippen molar-refractivity contribution in [3.63, 3.8) is 0 Å². The van der Waals surface area contributed by atoms with E-state index in [1.807, 2.05) is 66.7 Å². The first-order valence-corrected chi connectivity index (χ1v) is 10.8. The van der Waals surface area contributed by atoms with Crippen molar-refractivity contribution in [2.24, 2.45) is 0 Å². The molecule has 4 nitrogen and oxygen atoms in total. The van der Waals surface area contributed by atoms with Gasteiger partial charge in [-0.15, -0.1) is 6.58 Å². The molecule has 0 aliphatic rings. The number of hydrogen-bond acceptors (Lipinski definition) is 3. The molecule has 0 atom stereocenters. The molecule has 3 aromatic carbocycles. The molecule has 0 saturated heterocycles. The number of halogens is 1. The highest BCUT2D eigenvalue weighted by Gasteiger charge is 2.11. The van der Waals surface area contributed by atoms with E-state index in [1.54, 1.807) is 0 Å². The monoisotopic (exact) mass is 432 g/mol. The largest absolute Gasteiger partial charge is 0.493 e. The fourth-order valence-corrected chi connectivity index (χ4v) is 3.66. The Balaban J connectivity index is 1.43. The molecule has 0 amide bonds. The van der Waals surface area contributed by atoms with Crippen LogP contribution in [-0.4, -0.2) is 16.2 Å². The molecule has 0 bridgehead atoms. The second-order valence-electron chi connectivity index (χ2n) is 7.21. The van der Waals surface area contributed by atoms with Gasteiger partial charge in [-0.1, -0.05) is 48.0 Å². The third kappa shape index (κ3) is 5.28. The molecule has 0 fully saturated rings. The van der Waals surface area contributed by atoms with Crippen molar-refractivity contribution in [3.8, 4) is 11.5 Å². The Morgan fingerprint density at radius 3 is 2.55 bits per heavy atom. The summed E-state index contributed by atoms with van der Waals surface area (Å²) in [6, 6.07) is 23.6. The van der Waals surface area contributed by atoms with Crippen molar-refractivity contribution >= 4 is 22.6 Å². The molecule has 0 unspecified atom stereocenters. The number of aryl methyl sites for hydroxylation is 1. The van der Waals surface area contributed by atoms with Gasteiger partial charge < -0.3 is 14.0 Å². The molecule has 0 N–H and O–H groups in total. The van der Waals surface area contributed by atoms with Crippen LogP contribution in [0.25, 0.3) is 11.0 Å². The van der Waals surface area contributed by atoms with Gasteiger partial charge >= 0.3 is 0 Å². The summed E-state index contributed by atoms with van der Waals surface area (Å²) in [5.74, 6) is 2.58. The molecule has 1 heterocycles. The average Bonchev–Trinajstić information content (AvgIpc) is 3.15. The lowest BCUT2D eigenvalue weighted by atomic mass is 10.1. The van der Waals surface area contributed by atoms with E-state index in [1.165, 1.54) is 0 Å². The fraction of sp³-hybridized carbons (Fsp3) is 0.192. The molecule has 158 valence electrons. The van der Waals surface area contributed by atoms with Gasteiger partial charge in [-0.3, -0.25) is 0 Å². The third-order valence-electron chi connectivity index (χ3n) is 5.04. The van der Waals surface area contributed by atoms with Crippen LogP contribution in [0.5, 0.6) is 11.5 Å². The molecule has 1 aromatic heterocycles. The lowest BCUT2D eigenvalue weighted by Gasteiger charge is -2.13. The van der Waals surface area contributed by atoms with Crippen LogP contribution in [0.1, 0.15) is 17.8 Å². The molecule has 0 aliphatic carbocycles. The molecule has 4 aromatic rings. The number of ether oxygens (including phenoxy) is 2. The van der Waals surface area contributed by atoms with Crippen molar-refractivity contribution < 1.29 is 9.47 Å². The van der Waals surface area contributed by atoms with Crippen molar-refractivity contribution in [2.75, 3.05) is 6.61 Å². The van der Waals surface area contributed by atoms with E-state index in [0.717, 1.165) is 53.3 Å². The Labute approximate surface area is 187 Å². The van der Waals surface area contributed by atoms with E-state index >= 15 is 0 Å².